The van der Waals surface area contributed by atoms with Gasteiger partial charge in [0.25, 0.3) is 5.91 Å². The molecule has 4 rings (SSSR count). The number of carbonyl (C=O) groups excluding carboxylic acids is 1. The molecule has 1 amide bonds. The summed E-state index contributed by atoms with van der Waals surface area (Å²) in [6, 6.07) is 16.3. The van der Waals surface area contributed by atoms with Crippen LogP contribution in [0, 0.1) is 17.2 Å². The van der Waals surface area contributed by atoms with Crippen molar-refractivity contribution in [2.45, 2.75) is 73.5 Å². The Bertz CT molecular complexity index is 1070. The van der Waals surface area contributed by atoms with Gasteiger partial charge >= 0.3 is 3.93 Å². The quantitative estimate of drug-likeness (QED) is 0.320. The van der Waals surface area contributed by atoms with Gasteiger partial charge in [0.05, 0.1) is 11.6 Å². The maximum Gasteiger partial charge on any atom is 0.328 e. The number of halogens is 3. The van der Waals surface area contributed by atoms with Gasteiger partial charge in [0.2, 0.25) is 0 Å². The Balaban J connectivity index is 1.49. The Morgan fingerprint density at radius 2 is 1.71 bits per heavy atom. The van der Waals surface area contributed by atoms with Gasteiger partial charge in [-0.15, -0.1) is 0 Å². The third-order valence-electron chi connectivity index (χ3n) is 7.41. The number of alkyl halides is 3. The fourth-order valence-electron chi connectivity index (χ4n) is 5.12. The van der Waals surface area contributed by atoms with E-state index in [1.54, 1.807) is 12.1 Å². The van der Waals surface area contributed by atoms with Crippen LogP contribution in [0.1, 0.15) is 78.9 Å². The molecule has 2 saturated carbocycles. The zero-order valence-electron chi connectivity index (χ0n) is 19.3. The molecule has 0 aliphatic heterocycles. The molecule has 0 heterocycles. The van der Waals surface area contributed by atoms with Crippen LogP contribution in [0.5, 0.6) is 0 Å². The first kappa shape index (κ1) is 25.1. The number of hydrogen-bond acceptors (Lipinski definition) is 3. The minimum Gasteiger partial charge on any atom is -0.378 e. The van der Waals surface area contributed by atoms with Crippen molar-refractivity contribution >= 4 is 28.5 Å². The van der Waals surface area contributed by atoms with Crippen molar-refractivity contribution in [2.75, 3.05) is 0 Å². The van der Waals surface area contributed by atoms with Crippen molar-refractivity contribution in [2.24, 2.45) is 5.92 Å². The number of carbonyl (C=O) groups is 1. The second kappa shape index (κ2) is 9.54. The monoisotopic (exact) mass is 578 g/mol. The largest absolute Gasteiger partial charge is 0.378 e. The molecule has 1 N–H and O–H groups in total. The predicted octanol–water partition coefficient (Wildman–Crippen LogP) is 6.37. The Kier molecular flexibility index (Phi) is 7.03. The highest BCUT2D eigenvalue weighted by Crippen LogP contribution is 2.44. The van der Waals surface area contributed by atoms with Crippen LogP contribution in [0.25, 0.3) is 0 Å². The smallest absolute Gasteiger partial charge is 0.328 e. The average Bonchev–Trinajstić information content (AvgIpc) is 3.65. The summed E-state index contributed by atoms with van der Waals surface area (Å²) >= 11 is 0.940. The van der Waals surface area contributed by atoms with E-state index in [9.17, 15) is 18.7 Å². The lowest BCUT2D eigenvalue weighted by Gasteiger charge is -2.42. The first-order valence-electron chi connectivity index (χ1n) is 11.7. The molecule has 4 atom stereocenters. The number of rotatable bonds is 6. The second-order valence-corrected chi connectivity index (χ2v) is 11.2. The molecule has 7 heteroatoms. The molecule has 2 fully saturated rings. The normalized spacial score (nSPS) is 24.7. The van der Waals surface area contributed by atoms with Gasteiger partial charge in [-0.05, 0) is 86.3 Å². The standard InChI is InChI=1S/C27H29F2IN2O2/c1-17-15-21(19-5-3-18(16-31)4-6-19)9-14-24(17)32(23-12-13-23)25(33)20-7-10-22(11-8-20)26(2,34)27(28,29)30/h3-8,10-11,17,21,23-24,34H,9,12-15H2,1-2H3/t17-,21+,24+,26-/m0/s1. The van der Waals surface area contributed by atoms with E-state index in [2.05, 4.69) is 13.0 Å². The van der Waals surface area contributed by atoms with E-state index in [-0.39, 0.29) is 23.6 Å². The lowest BCUT2D eigenvalue weighted by molar-refractivity contribution is -0.101. The van der Waals surface area contributed by atoms with Crippen molar-refractivity contribution in [3.8, 4) is 6.07 Å². The van der Waals surface area contributed by atoms with Gasteiger partial charge in [-0.3, -0.25) is 4.79 Å². The van der Waals surface area contributed by atoms with E-state index >= 15 is 0 Å². The highest BCUT2D eigenvalue weighted by molar-refractivity contribution is 14.1. The molecular weight excluding hydrogens is 549 g/mol. The summed E-state index contributed by atoms with van der Waals surface area (Å²) in [6.07, 6.45) is 4.83. The summed E-state index contributed by atoms with van der Waals surface area (Å²) < 4.78 is 24.3. The van der Waals surface area contributed by atoms with Gasteiger partial charge in [0.1, 0.15) is 0 Å². The summed E-state index contributed by atoms with van der Waals surface area (Å²) in [5.41, 5.74) is 0.125. The van der Waals surface area contributed by atoms with Crippen LogP contribution in [-0.4, -0.2) is 31.9 Å². The third-order valence-corrected chi connectivity index (χ3v) is 8.46. The summed E-state index contributed by atoms with van der Waals surface area (Å²) in [4.78, 5) is 15.6. The molecule has 4 nitrogen and oxygen atoms in total. The topological polar surface area (TPSA) is 64.3 Å². The molecule has 0 spiro atoms. The van der Waals surface area contributed by atoms with Crippen LogP contribution in [0.2, 0.25) is 0 Å². The highest BCUT2D eigenvalue weighted by atomic mass is 127. The van der Waals surface area contributed by atoms with Crippen LogP contribution < -0.4 is 0 Å². The average molecular weight is 578 g/mol. The van der Waals surface area contributed by atoms with Gasteiger partial charge in [0, 0.05) is 40.2 Å². The van der Waals surface area contributed by atoms with Crippen molar-refractivity contribution < 1.29 is 18.7 Å². The van der Waals surface area contributed by atoms with Crippen LogP contribution >= 0.6 is 22.6 Å². The Morgan fingerprint density at radius 3 is 2.21 bits per heavy atom. The minimum absolute atomic E-state index is 0.0661. The third kappa shape index (κ3) is 4.99. The number of nitriles is 1. The lowest BCUT2D eigenvalue weighted by Crippen LogP contribution is -2.47. The summed E-state index contributed by atoms with van der Waals surface area (Å²) in [5.74, 6) is 0.659. The van der Waals surface area contributed by atoms with E-state index in [1.807, 2.05) is 29.2 Å². The molecule has 0 saturated heterocycles. The van der Waals surface area contributed by atoms with E-state index in [1.165, 1.54) is 17.7 Å². The molecule has 0 aromatic heterocycles. The maximum atomic E-state index is 13.8. The van der Waals surface area contributed by atoms with E-state index in [0.717, 1.165) is 61.6 Å². The number of hydrogen-bond donors (Lipinski definition) is 1. The van der Waals surface area contributed by atoms with Gasteiger partial charge in [-0.2, -0.15) is 14.0 Å². The molecule has 2 aromatic carbocycles. The van der Waals surface area contributed by atoms with Crippen LogP contribution in [0.4, 0.5) is 8.78 Å². The van der Waals surface area contributed by atoms with Crippen molar-refractivity contribution in [3.05, 3.63) is 70.8 Å². The van der Waals surface area contributed by atoms with Gasteiger partial charge in [-0.25, -0.2) is 0 Å². The number of benzene rings is 2. The van der Waals surface area contributed by atoms with Gasteiger partial charge in [-0.1, -0.05) is 31.2 Å². The Morgan fingerprint density at radius 1 is 1.09 bits per heavy atom. The molecule has 0 bridgehead atoms. The van der Waals surface area contributed by atoms with Crippen molar-refractivity contribution in [3.63, 3.8) is 0 Å². The molecule has 34 heavy (non-hydrogen) atoms. The van der Waals surface area contributed by atoms with Crippen LogP contribution in [0.15, 0.2) is 48.5 Å². The van der Waals surface area contributed by atoms with Gasteiger partial charge in [0.15, 0.2) is 5.60 Å². The predicted molar refractivity (Wildman–Crippen MR) is 135 cm³/mol. The van der Waals surface area contributed by atoms with Gasteiger partial charge < -0.3 is 10.0 Å². The summed E-state index contributed by atoms with van der Waals surface area (Å²) in [6.45, 7) is 3.28. The molecule has 0 radical (unpaired) electrons. The zero-order chi connectivity index (χ0) is 24.7. The number of nitrogens with zero attached hydrogens (tertiary/aromatic N) is 2. The Labute approximate surface area is 213 Å². The first-order valence-corrected chi connectivity index (χ1v) is 12.8. The second-order valence-electron chi connectivity index (χ2n) is 9.88. The molecule has 2 aliphatic carbocycles. The summed E-state index contributed by atoms with van der Waals surface area (Å²) in [5, 5.41) is 19.3. The summed E-state index contributed by atoms with van der Waals surface area (Å²) in [7, 11) is 0. The van der Waals surface area contributed by atoms with Crippen molar-refractivity contribution in [1.82, 2.24) is 4.90 Å². The Hall–Kier alpha value is -2.05. The van der Waals surface area contributed by atoms with E-state index < -0.39 is 9.53 Å². The molecule has 2 aliphatic rings. The van der Waals surface area contributed by atoms with E-state index in [4.69, 9.17) is 5.26 Å². The van der Waals surface area contributed by atoms with Crippen molar-refractivity contribution in [1.29, 1.82) is 5.26 Å². The molecule has 0 unspecified atom stereocenters. The maximum absolute atomic E-state index is 13.8. The number of aliphatic hydroxyl groups is 1. The van der Waals surface area contributed by atoms with Crippen LogP contribution in [0.3, 0.4) is 0 Å². The first-order chi connectivity index (χ1) is 16.0. The fourth-order valence-corrected chi connectivity index (χ4v) is 5.43. The van der Waals surface area contributed by atoms with Crippen LogP contribution in [-0.2, 0) is 5.60 Å². The highest BCUT2D eigenvalue weighted by Gasteiger charge is 2.48. The molecule has 180 valence electrons. The zero-order valence-corrected chi connectivity index (χ0v) is 21.5. The fraction of sp³-hybridized carbons (Fsp3) is 0.481. The lowest BCUT2D eigenvalue weighted by atomic mass is 9.75. The molecular formula is C27H29F2IN2O2. The minimum atomic E-state index is -3.33. The van der Waals surface area contributed by atoms with E-state index in [0.29, 0.717) is 23.0 Å². The SMILES string of the molecule is C[C@H]1C[C@H](c2ccc(C#N)cc2)CC[C@H]1N(C(=O)c1ccc([C@](C)(O)C(F)(F)I)cc1)C1CC1. The number of amides is 1. The molecule has 2 aromatic rings.